The number of furan rings is 1. The highest BCUT2D eigenvalue weighted by Crippen LogP contribution is 2.13. The van der Waals surface area contributed by atoms with Gasteiger partial charge in [0.15, 0.2) is 5.76 Å². The SMILES string of the molecule is CCc1ccc(C(=O)N(C)Cc2ccc(C(=O)NC)cc2)o1. The highest BCUT2D eigenvalue weighted by atomic mass is 16.4. The molecule has 1 N–H and O–H groups in total. The van der Waals surface area contributed by atoms with Gasteiger partial charge in [0, 0.05) is 32.6 Å². The summed E-state index contributed by atoms with van der Waals surface area (Å²) in [5, 5.41) is 2.57. The van der Waals surface area contributed by atoms with Crippen molar-refractivity contribution >= 4 is 11.8 Å². The predicted octanol–water partition coefficient (Wildman–Crippen LogP) is 2.47. The van der Waals surface area contributed by atoms with Crippen LogP contribution in [0, 0.1) is 0 Å². The van der Waals surface area contributed by atoms with Gasteiger partial charge in [-0.3, -0.25) is 9.59 Å². The molecule has 2 rings (SSSR count). The summed E-state index contributed by atoms with van der Waals surface area (Å²) in [6.45, 7) is 2.43. The van der Waals surface area contributed by atoms with E-state index >= 15 is 0 Å². The molecule has 5 heteroatoms. The topological polar surface area (TPSA) is 62.6 Å². The van der Waals surface area contributed by atoms with Crippen molar-refractivity contribution in [2.24, 2.45) is 0 Å². The lowest BCUT2D eigenvalue weighted by Crippen LogP contribution is -2.25. The Labute approximate surface area is 129 Å². The Kier molecular flexibility index (Phi) is 4.99. The van der Waals surface area contributed by atoms with E-state index in [1.165, 1.54) is 0 Å². The normalized spacial score (nSPS) is 10.3. The molecule has 0 saturated heterocycles. The van der Waals surface area contributed by atoms with E-state index in [1.807, 2.05) is 25.1 Å². The van der Waals surface area contributed by atoms with E-state index in [2.05, 4.69) is 5.32 Å². The van der Waals surface area contributed by atoms with Gasteiger partial charge in [0.1, 0.15) is 5.76 Å². The second-order valence-electron chi connectivity index (χ2n) is 5.06. The van der Waals surface area contributed by atoms with Gasteiger partial charge in [-0.2, -0.15) is 0 Å². The monoisotopic (exact) mass is 300 g/mol. The fraction of sp³-hybridized carbons (Fsp3) is 0.294. The zero-order chi connectivity index (χ0) is 16.1. The van der Waals surface area contributed by atoms with Gasteiger partial charge in [-0.15, -0.1) is 0 Å². The molecule has 5 nitrogen and oxygen atoms in total. The first-order valence-electron chi connectivity index (χ1n) is 7.20. The molecular formula is C17H20N2O3. The molecule has 0 bridgehead atoms. The number of hydrogen-bond acceptors (Lipinski definition) is 3. The minimum atomic E-state index is -0.157. The zero-order valence-corrected chi connectivity index (χ0v) is 13.1. The fourth-order valence-electron chi connectivity index (χ4n) is 2.12. The third-order valence-electron chi connectivity index (χ3n) is 3.43. The van der Waals surface area contributed by atoms with E-state index in [4.69, 9.17) is 4.42 Å². The second-order valence-corrected chi connectivity index (χ2v) is 5.06. The third-order valence-corrected chi connectivity index (χ3v) is 3.43. The van der Waals surface area contributed by atoms with E-state index in [0.717, 1.165) is 17.7 Å². The molecule has 0 aliphatic heterocycles. The summed E-state index contributed by atoms with van der Waals surface area (Å²) in [5.41, 5.74) is 1.55. The molecule has 1 heterocycles. The number of hydrogen-bond donors (Lipinski definition) is 1. The van der Waals surface area contributed by atoms with Crippen LogP contribution in [0.1, 0.15) is 39.2 Å². The molecule has 0 atom stereocenters. The van der Waals surface area contributed by atoms with Crippen LogP contribution >= 0.6 is 0 Å². The fourth-order valence-corrected chi connectivity index (χ4v) is 2.12. The molecule has 1 aromatic heterocycles. The van der Waals surface area contributed by atoms with Gasteiger partial charge in [-0.1, -0.05) is 19.1 Å². The summed E-state index contributed by atoms with van der Waals surface area (Å²) < 4.78 is 5.47. The lowest BCUT2D eigenvalue weighted by Gasteiger charge is -2.16. The molecule has 0 unspecified atom stereocenters. The lowest BCUT2D eigenvalue weighted by molar-refractivity contribution is 0.0751. The molecule has 22 heavy (non-hydrogen) atoms. The van der Waals surface area contributed by atoms with Gasteiger partial charge in [-0.25, -0.2) is 0 Å². The summed E-state index contributed by atoms with van der Waals surface area (Å²) >= 11 is 0. The standard InChI is InChI=1S/C17H20N2O3/c1-4-14-9-10-15(22-14)17(21)19(3)11-12-5-7-13(8-6-12)16(20)18-2/h5-10H,4,11H2,1-3H3,(H,18,20). The van der Waals surface area contributed by atoms with E-state index in [1.54, 1.807) is 37.2 Å². The zero-order valence-electron chi connectivity index (χ0n) is 13.1. The van der Waals surface area contributed by atoms with Crippen LogP contribution in [0.3, 0.4) is 0 Å². The Hall–Kier alpha value is -2.56. The average molecular weight is 300 g/mol. The first-order valence-corrected chi connectivity index (χ1v) is 7.20. The van der Waals surface area contributed by atoms with Crippen molar-refractivity contribution in [1.82, 2.24) is 10.2 Å². The molecule has 0 aliphatic carbocycles. The van der Waals surface area contributed by atoms with Crippen LogP contribution < -0.4 is 5.32 Å². The maximum absolute atomic E-state index is 12.3. The van der Waals surface area contributed by atoms with E-state index in [-0.39, 0.29) is 11.8 Å². The molecule has 0 fully saturated rings. The number of nitrogens with one attached hydrogen (secondary N) is 1. The Bertz CT molecular complexity index is 659. The number of aryl methyl sites for hydroxylation is 1. The second kappa shape index (κ2) is 6.93. The van der Waals surface area contributed by atoms with Crippen LogP contribution in [0.5, 0.6) is 0 Å². The van der Waals surface area contributed by atoms with Gasteiger partial charge >= 0.3 is 0 Å². The van der Waals surface area contributed by atoms with Gasteiger partial charge in [0.25, 0.3) is 11.8 Å². The summed E-state index contributed by atoms with van der Waals surface area (Å²) in [6, 6.07) is 10.7. The van der Waals surface area contributed by atoms with Crippen molar-refractivity contribution in [2.75, 3.05) is 14.1 Å². The van der Waals surface area contributed by atoms with Crippen LogP contribution in [0.15, 0.2) is 40.8 Å². The number of carbonyl (C=O) groups is 2. The minimum Gasteiger partial charge on any atom is -0.456 e. The van der Waals surface area contributed by atoms with E-state index in [0.29, 0.717) is 17.9 Å². The maximum atomic E-state index is 12.3. The smallest absolute Gasteiger partial charge is 0.289 e. The highest BCUT2D eigenvalue weighted by molar-refractivity contribution is 5.94. The number of rotatable bonds is 5. The first kappa shape index (κ1) is 15.8. The molecule has 2 amide bonds. The maximum Gasteiger partial charge on any atom is 0.289 e. The highest BCUT2D eigenvalue weighted by Gasteiger charge is 2.16. The van der Waals surface area contributed by atoms with Crippen LogP contribution in [0.25, 0.3) is 0 Å². The van der Waals surface area contributed by atoms with Crippen molar-refractivity contribution in [2.45, 2.75) is 19.9 Å². The predicted molar refractivity (Wildman–Crippen MR) is 83.7 cm³/mol. The van der Waals surface area contributed by atoms with Crippen LogP contribution in [-0.2, 0) is 13.0 Å². The first-order chi connectivity index (χ1) is 10.5. The molecular weight excluding hydrogens is 280 g/mol. The number of benzene rings is 1. The quantitative estimate of drug-likeness (QED) is 0.922. The van der Waals surface area contributed by atoms with Crippen LogP contribution in [0.4, 0.5) is 0 Å². The number of carbonyl (C=O) groups excluding carboxylic acids is 2. The molecule has 0 saturated carbocycles. The number of amides is 2. The Morgan fingerprint density at radius 1 is 1.14 bits per heavy atom. The van der Waals surface area contributed by atoms with E-state index in [9.17, 15) is 9.59 Å². The van der Waals surface area contributed by atoms with Crippen molar-refractivity contribution < 1.29 is 14.0 Å². The minimum absolute atomic E-state index is 0.126. The van der Waals surface area contributed by atoms with Crippen molar-refractivity contribution in [3.8, 4) is 0 Å². The van der Waals surface area contributed by atoms with Gasteiger partial charge < -0.3 is 14.6 Å². The Balaban J connectivity index is 2.03. The Morgan fingerprint density at radius 2 is 1.82 bits per heavy atom. The van der Waals surface area contributed by atoms with Gasteiger partial charge in [0.05, 0.1) is 0 Å². The van der Waals surface area contributed by atoms with Crippen LogP contribution in [-0.4, -0.2) is 30.8 Å². The molecule has 0 spiro atoms. The lowest BCUT2D eigenvalue weighted by atomic mass is 10.1. The molecule has 2 aromatic rings. The van der Waals surface area contributed by atoms with Crippen molar-refractivity contribution in [3.63, 3.8) is 0 Å². The van der Waals surface area contributed by atoms with Crippen LogP contribution in [0.2, 0.25) is 0 Å². The third kappa shape index (κ3) is 3.55. The van der Waals surface area contributed by atoms with Crippen molar-refractivity contribution in [3.05, 3.63) is 59.0 Å². The summed E-state index contributed by atoms with van der Waals surface area (Å²) in [5.74, 6) is 0.863. The van der Waals surface area contributed by atoms with Crippen molar-refractivity contribution in [1.29, 1.82) is 0 Å². The Morgan fingerprint density at radius 3 is 2.36 bits per heavy atom. The van der Waals surface area contributed by atoms with E-state index < -0.39 is 0 Å². The molecule has 0 radical (unpaired) electrons. The molecule has 0 aliphatic rings. The summed E-state index contributed by atoms with van der Waals surface area (Å²) in [7, 11) is 3.32. The summed E-state index contributed by atoms with van der Waals surface area (Å²) in [4.78, 5) is 25.3. The summed E-state index contributed by atoms with van der Waals surface area (Å²) in [6.07, 6.45) is 0.762. The molecule has 116 valence electrons. The average Bonchev–Trinajstić information content (AvgIpc) is 3.03. The van der Waals surface area contributed by atoms with Gasteiger partial charge in [0.2, 0.25) is 0 Å². The largest absolute Gasteiger partial charge is 0.456 e. The van der Waals surface area contributed by atoms with Gasteiger partial charge in [-0.05, 0) is 29.8 Å². The number of nitrogens with zero attached hydrogens (tertiary/aromatic N) is 1. The molecule has 1 aromatic carbocycles.